The van der Waals surface area contributed by atoms with E-state index in [9.17, 15) is 9.13 Å². The molecule has 112 valence electrons. The topological polar surface area (TPSA) is 115 Å². The van der Waals surface area contributed by atoms with E-state index in [0.717, 1.165) is 0 Å². The average molecular weight is 334 g/mol. The van der Waals surface area contributed by atoms with Gasteiger partial charge in [-0.05, 0) is 12.2 Å². The van der Waals surface area contributed by atoms with Gasteiger partial charge in [-0.25, -0.2) is 0 Å². The molecule has 0 amide bonds. The monoisotopic (exact) mass is 333 g/mol. The maximum atomic E-state index is 11.2. The first kappa shape index (κ1) is 19.0. The summed E-state index contributed by atoms with van der Waals surface area (Å²) in [4.78, 5) is 36.3. The van der Waals surface area contributed by atoms with Gasteiger partial charge in [-0.1, -0.05) is 6.08 Å². The predicted octanol–water partition coefficient (Wildman–Crippen LogP) is -2.41. The summed E-state index contributed by atoms with van der Waals surface area (Å²) in [5.74, 6) is 0. The van der Waals surface area contributed by atoms with Gasteiger partial charge in [0.05, 0.1) is 20.3 Å². The van der Waals surface area contributed by atoms with Gasteiger partial charge in [0.1, 0.15) is 6.04 Å². The van der Waals surface area contributed by atoms with Crippen molar-refractivity contribution in [3.05, 3.63) is 24.4 Å². The van der Waals surface area contributed by atoms with Gasteiger partial charge in [-0.15, -0.1) is 0 Å². The van der Waals surface area contributed by atoms with Crippen molar-refractivity contribution in [1.82, 2.24) is 0 Å². The van der Waals surface area contributed by atoms with Crippen molar-refractivity contribution in [3.8, 4) is 0 Å². The standard InChI is InChI=1S/C9H17NO6P2.ClH/c1-10(2)6-4-3-5-8(10)7-9(17(11,12)13)18(14,15)16;/h3-6,8-9H,7H2,1-2H3,(H3-,11,12,13,14,15,16);1H. The van der Waals surface area contributed by atoms with Crippen LogP contribution in [0.5, 0.6) is 0 Å². The number of nitrogens with zero attached hydrogens (tertiary/aromatic N) is 1. The molecule has 1 aliphatic heterocycles. The van der Waals surface area contributed by atoms with Gasteiger partial charge in [0.2, 0.25) is 0 Å². The smallest absolute Gasteiger partial charge is 0.340 e. The number of rotatable bonds is 4. The lowest BCUT2D eigenvalue weighted by Crippen LogP contribution is -3.00. The summed E-state index contributed by atoms with van der Waals surface area (Å²) >= 11 is 0. The third-order valence-electron chi connectivity index (χ3n) is 3.00. The van der Waals surface area contributed by atoms with E-state index >= 15 is 0 Å². The number of likely N-dealkylation sites (N-methyl/N-ethyl adjacent to an activating group) is 1. The SMILES string of the molecule is C[N+]1(C)C=CC=CC1CC(P(=O)(O)O)P(=O)(O)O.[Cl-]. The number of allylic oxidation sites excluding steroid dienone is 2. The third-order valence-corrected chi connectivity index (χ3v) is 6.78. The predicted molar refractivity (Wildman–Crippen MR) is 66.7 cm³/mol. The first-order valence-electron chi connectivity index (χ1n) is 5.24. The molecule has 0 aliphatic carbocycles. The molecule has 0 radical (unpaired) electrons. The minimum absolute atomic E-state index is 0. The van der Waals surface area contributed by atoms with Crippen LogP contribution in [-0.2, 0) is 9.13 Å². The highest BCUT2D eigenvalue weighted by atomic mass is 35.5. The van der Waals surface area contributed by atoms with Crippen molar-refractivity contribution in [1.29, 1.82) is 0 Å². The number of hydrogen-bond donors (Lipinski definition) is 4. The molecule has 19 heavy (non-hydrogen) atoms. The van der Waals surface area contributed by atoms with Crippen LogP contribution < -0.4 is 12.4 Å². The van der Waals surface area contributed by atoms with Gasteiger partial charge in [0.15, 0.2) is 5.40 Å². The lowest BCUT2D eigenvalue weighted by atomic mass is 10.1. The normalized spacial score (nSPS) is 22.4. The molecule has 10 heteroatoms. The van der Waals surface area contributed by atoms with Gasteiger partial charge >= 0.3 is 15.2 Å². The van der Waals surface area contributed by atoms with Crippen molar-refractivity contribution >= 4 is 15.2 Å². The summed E-state index contributed by atoms with van der Waals surface area (Å²) in [6, 6.07) is -0.389. The Morgan fingerprint density at radius 1 is 1.11 bits per heavy atom. The zero-order valence-corrected chi connectivity index (χ0v) is 13.0. The van der Waals surface area contributed by atoms with Gasteiger partial charge in [-0.3, -0.25) is 13.6 Å². The largest absolute Gasteiger partial charge is 1.00 e. The quantitative estimate of drug-likeness (QED) is 0.336. The van der Waals surface area contributed by atoms with E-state index in [1.807, 2.05) is 0 Å². The van der Waals surface area contributed by atoms with E-state index in [0.29, 0.717) is 0 Å². The second-order valence-corrected chi connectivity index (χ2v) is 8.83. The lowest BCUT2D eigenvalue weighted by Gasteiger charge is -2.36. The minimum Gasteiger partial charge on any atom is -1.00 e. The summed E-state index contributed by atoms with van der Waals surface area (Å²) in [7, 11) is -6.12. The van der Waals surface area contributed by atoms with Crippen molar-refractivity contribution in [2.45, 2.75) is 17.9 Å². The Hall–Kier alpha value is 0.0300. The number of quaternary nitrogens is 1. The molecule has 1 atom stereocenters. The number of hydrogen-bond acceptors (Lipinski definition) is 2. The highest BCUT2D eigenvalue weighted by Gasteiger charge is 2.46. The molecule has 0 fully saturated rings. The fourth-order valence-corrected chi connectivity index (χ4v) is 4.38. The summed E-state index contributed by atoms with van der Waals surface area (Å²) in [6.07, 6.45) is 6.69. The lowest BCUT2D eigenvalue weighted by molar-refractivity contribution is -0.859. The van der Waals surface area contributed by atoms with Crippen LogP contribution >= 0.6 is 15.2 Å². The molecule has 1 heterocycles. The van der Waals surface area contributed by atoms with Crippen molar-refractivity contribution in [2.24, 2.45) is 0 Å². The molecular formula is C9H18ClNO6P2. The molecule has 0 aromatic rings. The molecular weight excluding hydrogens is 316 g/mol. The van der Waals surface area contributed by atoms with E-state index in [4.69, 9.17) is 19.6 Å². The van der Waals surface area contributed by atoms with Crippen molar-refractivity contribution in [2.75, 3.05) is 14.1 Å². The van der Waals surface area contributed by atoms with Crippen LogP contribution in [0.1, 0.15) is 6.42 Å². The Balaban J connectivity index is 0.00000324. The van der Waals surface area contributed by atoms with Gasteiger partial charge in [0.25, 0.3) is 0 Å². The van der Waals surface area contributed by atoms with E-state index in [2.05, 4.69) is 0 Å². The highest BCUT2D eigenvalue weighted by Crippen LogP contribution is 2.62. The van der Waals surface area contributed by atoms with Crippen LogP contribution in [0.3, 0.4) is 0 Å². The molecule has 0 saturated heterocycles. The zero-order chi connectivity index (χ0) is 14.2. The Labute approximate surface area is 117 Å². The van der Waals surface area contributed by atoms with Crippen molar-refractivity contribution < 1.29 is 45.6 Å². The maximum Gasteiger partial charge on any atom is 0.340 e. The molecule has 0 spiro atoms. The fraction of sp³-hybridized carbons (Fsp3) is 0.556. The zero-order valence-electron chi connectivity index (χ0n) is 10.5. The fourth-order valence-electron chi connectivity index (χ4n) is 1.83. The summed E-state index contributed by atoms with van der Waals surface area (Å²) < 4.78 is 22.7. The van der Waals surface area contributed by atoms with Crippen LogP contribution in [0.2, 0.25) is 0 Å². The molecule has 0 bridgehead atoms. The maximum absolute atomic E-state index is 11.2. The Kier molecular flexibility index (Phi) is 6.21. The molecule has 0 saturated carbocycles. The van der Waals surface area contributed by atoms with Crippen molar-refractivity contribution in [3.63, 3.8) is 0 Å². The van der Waals surface area contributed by atoms with Gasteiger partial charge in [-0.2, -0.15) is 0 Å². The van der Waals surface area contributed by atoms with E-state index in [1.165, 1.54) is 0 Å². The van der Waals surface area contributed by atoms with E-state index < -0.39 is 20.6 Å². The Morgan fingerprint density at radius 2 is 1.58 bits per heavy atom. The molecule has 1 aliphatic rings. The third kappa shape index (κ3) is 5.14. The molecule has 0 aromatic carbocycles. The highest BCUT2D eigenvalue weighted by molar-refractivity contribution is 7.70. The van der Waals surface area contributed by atoms with E-state index in [-0.39, 0.29) is 29.4 Å². The molecule has 0 aromatic heterocycles. The second-order valence-electron chi connectivity index (χ2n) is 4.82. The van der Waals surface area contributed by atoms with Crippen LogP contribution in [-0.4, -0.2) is 49.6 Å². The molecule has 1 unspecified atom stereocenters. The molecule has 4 N–H and O–H groups in total. The Morgan fingerprint density at radius 3 is 1.95 bits per heavy atom. The summed E-state index contributed by atoms with van der Waals surface area (Å²) in [6.45, 7) is 0. The second kappa shape index (κ2) is 6.20. The molecule has 1 rings (SSSR count). The van der Waals surface area contributed by atoms with Gasteiger partial charge < -0.3 is 32.0 Å². The van der Waals surface area contributed by atoms with Crippen LogP contribution in [0.4, 0.5) is 0 Å². The average Bonchev–Trinajstić information content (AvgIpc) is 2.11. The first-order chi connectivity index (χ1) is 7.94. The summed E-state index contributed by atoms with van der Waals surface area (Å²) in [5, 5.41) is -1.96. The minimum atomic E-state index is -4.85. The Bertz CT molecular complexity index is 443. The van der Waals surface area contributed by atoms with Gasteiger partial charge in [0, 0.05) is 6.42 Å². The summed E-state index contributed by atoms with van der Waals surface area (Å²) in [5.41, 5.74) is 0. The van der Waals surface area contributed by atoms with Crippen LogP contribution in [0.25, 0.3) is 0 Å². The molecule has 7 nitrogen and oxygen atoms in total. The first-order valence-corrected chi connectivity index (χ1v) is 8.61. The number of halogens is 1. The van der Waals surface area contributed by atoms with Crippen LogP contribution in [0, 0.1) is 0 Å². The van der Waals surface area contributed by atoms with Crippen LogP contribution in [0.15, 0.2) is 24.4 Å². The van der Waals surface area contributed by atoms with E-state index in [1.54, 1.807) is 38.5 Å².